The van der Waals surface area contributed by atoms with E-state index in [0.29, 0.717) is 13.0 Å². The van der Waals surface area contributed by atoms with Crippen molar-refractivity contribution < 1.29 is 9.53 Å². The van der Waals surface area contributed by atoms with E-state index in [-0.39, 0.29) is 11.9 Å². The number of nitrogens with zero attached hydrogens (tertiary/aromatic N) is 1. The molecule has 0 aromatic carbocycles. The number of nitrogens with one attached hydrogen (secondary N) is 1. The van der Waals surface area contributed by atoms with Gasteiger partial charge in [0.15, 0.2) is 0 Å². The van der Waals surface area contributed by atoms with E-state index in [9.17, 15) is 4.79 Å². The molecule has 0 radical (unpaired) electrons. The van der Waals surface area contributed by atoms with Crippen LogP contribution in [0.25, 0.3) is 0 Å². The van der Waals surface area contributed by atoms with Crippen LogP contribution < -0.4 is 11.1 Å². The van der Waals surface area contributed by atoms with Crippen molar-refractivity contribution in [3.8, 4) is 0 Å². The van der Waals surface area contributed by atoms with E-state index in [1.807, 2.05) is 0 Å². The smallest absolute Gasteiger partial charge is 0.220 e. The van der Waals surface area contributed by atoms with E-state index >= 15 is 0 Å². The Morgan fingerprint density at radius 1 is 1.41 bits per heavy atom. The number of carbonyl (C=O) groups is 1. The van der Waals surface area contributed by atoms with Crippen LogP contribution in [0.1, 0.15) is 26.2 Å². The molecule has 0 bridgehead atoms. The van der Waals surface area contributed by atoms with Gasteiger partial charge in [0.1, 0.15) is 0 Å². The number of carbonyl (C=O) groups excluding carboxylic acids is 1. The largest absolute Gasteiger partial charge is 0.379 e. The van der Waals surface area contributed by atoms with Gasteiger partial charge in [-0.15, -0.1) is 0 Å². The number of hydrogen-bond donors (Lipinski definition) is 2. The summed E-state index contributed by atoms with van der Waals surface area (Å²) in [6.45, 7) is 7.16. The molecule has 1 saturated heterocycles. The molecular formula is C12H25N3O2. The lowest BCUT2D eigenvalue weighted by atomic mass is 10.2. The minimum absolute atomic E-state index is 0.138. The Morgan fingerprint density at radius 2 is 2.12 bits per heavy atom. The molecule has 5 nitrogen and oxygen atoms in total. The van der Waals surface area contributed by atoms with E-state index in [1.54, 1.807) is 0 Å². The summed E-state index contributed by atoms with van der Waals surface area (Å²) in [5, 5.41) is 3.02. The van der Waals surface area contributed by atoms with Crippen LogP contribution in [0.2, 0.25) is 0 Å². The maximum Gasteiger partial charge on any atom is 0.220 e. The predicted octanol–water partition coefficient (Wildman–Crippen LogP) is -0.0477. The van der Waals surface area contributed by atoms with Gasteiger partial charge in [0, 0.05) is 32.1 Å². The summed E-state index contributed by atoms with van der Waals surface area (Å²) in [7, 11) is 0. The highest BCUT2D eigenvalue weighted by atomic mass is 16.5. The van der Waals surface area contributed by atoms with Gasteiger partial charge in [0.05, 0.1) is 13.2 Å². The maximum atomic E-state index is 11.6. The molecule has 1 atom stereocenters. The summed E-state index contributed by atoms with van der Waals surface area (Å²) in [5.41, 5.74) is 5.39. The van der Waals surface area contributed by atoms with Gasteiger partial charge in [-0.1, -0.05) is 0 Å². The summed E-state index contributed by atoms with van der Waals surface area (Å²) < 4.78 is 5.29. The fraction of sp³-hybridized carbons (Fsp3) is 0.917. The first-order valence-electron chi connectivity index (χ1n) is 6.52. The lowest BCUT2D eigenvalue weighted by molar-refractivity contribution is -0.122. The number of rotatable bonds is 7. The summed E-state index contributed by atoms with van der Waals surface area (Å²) in [6.07, 6.45) is 2.39. The number of ether oxygens (including phenoxy) is 1. The van der Waals surface area contributed by atoms with Gasteiger partial charge in [0.25, 0.3) is 0 Å². The topological polar surface area (TPSA) is 67.6 Å². The second kappa shape index (κ2) is 8.44. The number of hydrogen-bond acceptors (Lipinski definition) is 4. The van der Waals surface area contributed by atoms with Crippen LogP contribution in [0.5, 0.6) is 0 Å². The quantitative estimate of drug-likeness (QED) is 0.615. The van der Waals surface area contributed by atoms with Gasteiger partial charge in [-0.2, -0.15) is 0 Å². The van der Waals surface area contributed by atoms with Gasteiger partial charge >= 0.3 is 0 Å². The molecule has 0 spiro atoms. The summed E-state index contributed by atoms with van der Waals surface area (Å²) in [5.74, 6) is 0.138. The zero-order valence-electron chi connectivity index (χ0n) is 10.8. The van der Waals surface area contributed by atoms with E-state index < -0.39 is 0 Å². The Bertz CT molecular complexity index is 218. The van der Waals surface area contributed by atoms with Crippen molar-refractivity contribution in [1.29, 1.82) is 0 Å². The third-order valence-electron chi connectivity index (χ3n) is 2.90. The van der Waals surface area contributed by atoms with Crippen molar-refractivity contribution in [2.75, 3.05) is 39.4 Å². The molecule has 0 aliphatic carbocycles. The molecule has 100 valence electrons. The molecule has 3 N–H and O–H groups in total. The Labute approximate surface area is 104 Å². The van der Waals surface area contributed by atoms with Crippen molar-refractivity contribution in [2.24, 2.45) is 5.73 Å². The van der Waals surface area contributed by atoms with Crippen LogP contribution in [0.15, 0.2) is 0 Å². The van der Waals surface area contributed by atoms with Crippen LogP contribution in [0.3, 0.4) is 0 Å². The van der Waals surface area contributed by atoms with Crippen molar-refractivity contribution in [3.63, 3.8) is 0 Å². The Kier molecular flexibility index (Phi) is 7.16. The second-order valence-corrected chi connectivity index (χ2v) is 4.63. The molecule has 1 unspecified atom stereocenters. The number of nitrogens with two attached hydrogens (primary N) is 1. The minimum atomic E-state index is 0.138. The number of morpholine rings is 1. The molecule has 0 saturated carbocycles. The van der Waals surface area contributed by atoms with Crippen LogP contribution >= 0.6 is 0 Å². The average Bonchev–Trinajstić information content (AvgIpc) is 2.30. The van der Waals surface area contributed by atoms with Crippen molar-refractivity contribution in [1.82, 2.24) is 10.2 Å². The average molecular weight is 243 g/mol. The molecule has 1 rings (SSSR count). The lowest BCUT2D eigenvalue weighted by Gasteiger charge is -2.29. The third kappa shape index (κ3) is 6.61. The first kappa shape index (κ1) is 14.4. The van der Waals surface area contributed by atoms with Crippen LogP contribution in [-0.4, -0.2) is 56.2 Å². The first-order chi connectivity index (χ1) is 8.22. The Hall–Kier alpha value is -0.650. The fourth-order valence-corrected chi connectivity index (χ4v) is 1.99. The zero-order valence-corrected chi connectivity index (χ0v) is 10.8. The third-order valence-corrected chi connectivity index (χ3v) is 2.90. The van der Waals surface area contributed by atoms with Crippen LogP contribution in [0, 0.1) is 0 Å². The van der Waals surface area contributed by atoms with Crippen molar-refractivity contribution in [3.05, 3.63) is 0 Å². The standard InChI is InChI=1S/C12H25N3O2/c1-11(10-15-6-8-17-9-7-15)14-12(16)4-2-3-5-13/h11H,2-10,13H2,1H3,(H,14,16). The molecular weight excluding hydrogens is 218 g/mol. The Balaban J connectivity index is 2.10. The van der Waals surface area contributed by atoms with E-state index in [4.69, 9.17) is 10.5 Å². The highest BCUT2D eigenvalue weighted by molar-refractivity contribution is 5.76. The van der Waals surface area contributed by atoms with Crippen LogP contribution in [0.4, 0.5) is 0 Å². The number of unbranched alkanes of at least 4 members (excludes halogenated alkanes) is 1. The maximum absolute atomic E-state index is 11.6. The molecule has 1 heterocycles. The highest BCUT2D eigenvalue weighted by Crippen LogP contribution is 1.99. The van der Waals surface area contributed by atoms with Gasteiger partial charge in [-0.3, -0.25) is 9.69 Å². The summed E-state index contributed by atoms with van der Waals surface area (Å²) in [4.78, 5) is 13.9. The van der Waals surface area contributed by atoms with Crippen molar-refractivity contribution >= 4 is 5.91 Å². The highest BCUT2D eigenvalue weighted by Gasteiger charge is 2.14. The van der Waals surface area contributed by atoms with Gasteiger partial charge in [-0.25, -0.2) is 0 Å². The lowest BCUT2D eigenvalue weighted by Crippen LogP contribution is -2.45. The summed E-state index contributed by atoms with van der Waals surface area (Å²) in [6, 6.07) is 0.207. The fourth-order valence-electron chi connectivity index (χ4n) is 1.99. The second-order valence-electron chi connectivity index (χ2n) is 4.63. The van der Waals surface area contributed by atoms with E-state index in [0.717, 1.165) is 45.7 Å². The molecule has 0 aromatic heterocycles. The van der Waals surface area contributed by atoms with E-state index in [2.05, 4.69) is 17.1 Å². The molecule has 1 fully saturated rings. The van der Waals surface area contributed by atoms with E-state index in [1.165, 1.54) is 0 Å². The SMILES string of the molecule is CC(CN1CCOCC1)NC(=O)CCCCN. The molecule has 0 aromatic rings. The Morgan fingerprint density at radius 3 is 2.76 bits per heavy atom. The van der Waals surface area contributed by atoms with Gasteiger partial charge in [-0.05, 0) is 26.3 Å². The van der Waals surface area contributed by atoms with Gasteiger partial charge < -0.3 is 15.8 Å². The summed E-state index contributed by atoms with van der Waals surface area (Å²) >= 11 is 0. The monoisotopic (exact) mass is 243 g/mol. The molecule has 1 amide bonds. The zero-order chi connectivity index (χ0) is 12.5. The van der Waals surface area contributed by atoms with Crippen molar-refractivity contribution in [2.45, 2.75) is 32.2 Å². The van der Waals surface area contributed by atoms with Gasteiger partial charge in [0.2, 0.25) is 5.91 Å². The predicted molar refractivity (Wildman–Crippen MR) is 67.8 cm³/mol. The van der Waals surface area contributed by atoms with Crippen LogP contribution in [-0.2, 0) is 9.53 Å². The minimum Gasteiger partial charge on any atom is -0.379 e. The normalized spacial score (nSPS) is 18.9. The first-order valence-corrected chi connectivity index (χ1v) is 6.52. The molecule has 1 aliphatic heterocycles. The molecule has 17 heavy (non-hydrogen) atoms. The molecule has 5 heteroatoms. The number of amides is 1. The molecule has 1 aliphatic rings.